The molecule has 0 spiro atoms. The first-order chi connectivity index (χ1) is 16.1. The minimum atomic E-state index is -0.0178. The lowest BCUT2D eigenvalue weighted by atomic mass is 10.0. The van der Waals surface area contributed by atoms with Crippen LogP contribution in [-0.4, -0.2) is 57.3 Å². The van der Waals surface area contributed by atoms with E-state index in [1.165, 1.54) is 12.8 Å². The SMILES string of the molecule is COc1cccc(CC(=O)N2CCCC2c2c(-c3ccnc(N4CCCC4)n3)cnn2C)c1. The number of ether oxygens (including phenoxy) is 1. The maximum atomic E-state index is 13.3. The number of likely N-dealkylation sites (tertiary alicyclic amines) is 1. The van der Waals surface area contributed by atoms with Gasteiger partial charge in [-0.2, -0.15) is 5.10 Å². The quantitative estimate of drug-likeness (QED) is 0.578. The van der Waals surface area contributed by atoms with Gasteiger partial charge in [-0.15, -0.1) is 0 Å². The van der Waals surface area contributed by atoms with Gasteiger partial charge in [-0.1, -0.05) is 12.1 Å². The molecule has 0 saturated carbocycles. The van der Waals surface area contributed by atoms with Crippen molar-refractivity contribution < 1.29 is 9.53 Å². The number of rotatable bonds is 6. The van der Waals surface area contributed by atoms with Crippen molar-refractivity contribution in [2.24, 2.45) is 7.05 Å². The Kier molecular flexibility index (Phi) is 5.98. The molecule has 0 N–H and O–H groups in total. The van der Waals surface area contributed by atoms with E-state index in [9.17, 15) is 4.79 Å². The van der Waals surface area contributed by atoms with Gasteiger partial charge in [0, 0.05) is 38.4 Å². The summed E-state index contributed by atoms with van der Waals surface area (Å²) in [6.45, 7) is 2.75. The van der Waals surface area contributed by atoms with Crippen LogP contribution in [0.3, 0.4) is 0 Å². The van der Waals surface area contributed by atoms with E-state index >= 15 is 0 Å². The van der Waals surface area contributed by atoms with Crippen LogP contribution in [-0.2, 0) is 18.3 Å². The Hall–Kier alpha value is -3.42. The Labute approximate surface area is 194 Å². The van der Waals surface area contributed by atoms with Crippen LogP contribution in [0.15, 0.2) is 42.7 Å². The third kappa shape index (κ3) is 4.29. The smallest absolute Gasteiger partial charge is 0.227 e. The van der Waals surface area contributed by atoms with Gasteiger partial charge in [0.2, 0.25) is 11.9 Å². The minimum Gasteiger partial charge on any atom is -0.497 e. The Morgan fingerprint density at radius 1 is 1.15 bits per heavy atom. The topological polar surface area (TPSA) is 76.4 Å². The lowest BCUT2D eigenvalue weighted by molar-refractivity contribution is -0.131. The molecule has 5 rings (SSSR count). The number of amides is 1. The highest BCUT2D eigenvalue weighted by molar-refractivity contribution is 5.80. The Balaban J connectivity index is 1.42. The monoisotopic (exact) mass is 446 g/mol. The summed E-state index contributed by atoms with van der Waals surface area (Å²) in [6.07, 6.45) is 8.30. The molecule has 8 heteroatoms. The van der Waals surface area contributed by atoms with Crippen LogP contribution in [0.5, 0.6) is 5.75 Å². The highest BCUT2D eigenvalue weighted by Gasteiger charge is 2.34. The predicted octanol–water partition coefficient (Wildman–Crippen LogP) is 3.39. The van der Waals surface area contributed by atoms with E-state index in [4.69, 9.17) is 9.72 Å². The molecule has 1 aromatic carbocycles. The van der Waals surface area contributed by atoms with Gasteiger partial charge in [0.1, 0.15) is 5.75 Å². The fourth-order valence-corrected chi connectivity index (χ4v) is 5.02. The van der Waals surface area contributed by atoms with Crippen LogP contribution in [0.2, 0.25) is 0 Å². The Bertz CT molecular complexity index is 1140. The molecule has 172 valence electrons. The molecule has 2 aromatic heterocycles. The molecule has 2 fully saturated rings. The fourth-order valence-electron chi connectivity index (χ4n) is 5.02. The minimum absolute atomic E-state index is 0.0178. The average Bonchev–Trinajstić information content (AvgIpc) is 3.60. The largest absolute Gasteiger partial charge is 0.497 e. The van der Waals surface area contributed by atoms with Crippen molar-refractivity contribution in [2.75, 3.05) is 31.6 Å². The number of methoxy groups -OCH3 is 1. The maximum absolute atomic E-state index is 13.3. The normalized spacial score (nSPS) is 18.2. The van der Waals surface area contributed by atoms with Crippen molar-refractivity contribution in [3.8, 4) is 17.0 Å². The van der Waals surface area contributed by atoms with E-state index in [2.05, 4.69) is 15.0 Å². The molecule has 1 amide bonds. The zero-order valence-corrected chi connectivity index (χ0v) is 19.3. The second-order valence-electron chi connectivity index (χ2n) is 8.78. The van der Waals surface area contributed by atoms with E-state index in [0.29, 0.717) is 6.42 Å². The van der Waals surface area contributed by atoms with Crippen LogP contribution < -0.4 is 9.64 Å². The van der Waals surface area contributed by atoms with Gasteiger partial charge in [-0.3, -0.25) is 9.48 Å². The average molecular weight is 447 g/mol. The predicted molar refractivity (Wildman–Crippen MR) is 126 cm³/mol. The highest BCUT2D eigenvalue weighted by Crippen LogP contribution is 2.37. The number of benzene rings is 1. The Morgan fingerprint density at radius 2 is 2.00 bits per heavy atom. The summed E-state index contributed by atoms with van der Waals surface area (Å²) in [5.74, 6) is 1.67. The second kappa shape index (κ2) is 9.21. The van der Waals surface area contributed by atoms with Gasteiger partial charge in [-0.25, -0.2) is 9.97 Å². The van der Waals surface area contributed by atoms with E-state index in [1.54, 1.807) is 7.11 Å². The number of carbonyl (C=O) groups excluding carboxylic acids is 1. The molecule has 3 aromatic rings. The van der Waals surface area contributed by atoms with Crippen LogP contribution in [0.25, 0.3) is 11.3 Å². The van der Waals surface area contributed by atoms with Crippen LogP contribution in [0.4, 0.5) is 5.95 Å². The van der Waals surface area contributed by atoms with Crippen molar-refractivity contribution in [3.63, 3.8) is 0 Å². The number of hydrogen-bond acceptors (Lipinski definition) is 6. The Morgan fingerprint density at radius 3 is 2.82 bits per heavy atom. The molecule has 0 aliphatic carbocycles. The van der Waals surface area contributed by atoms with Gasteiger partial charge in [0.15, 0.2) is 0 Å². The maximum Gasteiger partial charge on any atom is 0.227 e. The molecule has 33 heavy (non-hydrogen) atoms. The third-order valence-electron chi connectivity index (χ3n) is 6.67. The number of carbonyl (C=O) groups is 1. The van der Waals surface area contributed by atoms with E-state index in [-0.39, 0.29) is 11.9 Å². The standard InChI is InChI=1S/C25H30N6O2/c1-29-24(20(17-27-29)21-10-11-26-25(28-21)30-12-3-4-13-30)22-9-6-14-31(22)23(32)16-18-7-5-8-19(15-18)33-2/h5,7-8,10-11,15,17,22H,3-4,6,9,12-14,16H2,1-2H3. The van der Waals surface area contributed by atoms with Crippen molar-refractivity contribution in [3.05, 3.63) is 54.0 Å². The summed E-state index contributed by atoms with van der Waals surface area (Å²) >= 11 is 0. The summed E-state index contributed by atoms with van der Waals surface area (Å²) in [7, 11) is 3.59. The van der Waals surface area contributed by atoms with E-state index < -0.39 is 0 Å². The lowest BCUT2D eigenvalue weighted by Gasteiger charge is -2.26. The number of aryl methyl sites for hydroxylation is 1. The van der Waals surface area contributed by atoms with E-state index in [0.717, 1.165) is 66.7 Å². The molecule has 1 unspecified atom stereocenters. The van der Waals surface area contributed by atoms with Gasteiger partial charge >= 0.3 is 0 Å². The summed E-state index contributed by atoms with van der Waals surface area (Å²) in [6, 6.07) is 9.65. The lowest BCUT2D eigenvalue weighted by Crippen LogP contribution is -2.33. The summed E-state index contributed by atoms with van der Waals surface area (Å²) in [5.41, 5.74) is 3.84. The van der Waals surface area contributed by atoms with Crippen LogP contribution in [0, 0.1) is 0 Å². The van der Waals surface area contributed by atoms with Gasteiger partial charge in [-0.05, 0) is 49.4 Å². The number of aromatic nitrogens is 4. The van der Waals surface area contributed by atoms with Crippen molar-refractivity contribution in [1.29, 1.82) is 0 Å². The summed E-state index contributed by atoms with van der Waals surface area (Å²) in [5, 5.41) is 4.55. The molecule has 0 radical (unpaired) electrons. The molecule has 2 aliphatic rings. The molecule has 1 atom stereocenters. The molecular weight excluding hydrogens is 416 g/mol. The van der Waals surface area contributed by atoms with Crippen molar-refractivity contribution >= 4 is 11.9 Å². The zero-order valence-electron chi connectivity index (χ0n) is 19.3. The van der Waals surface area contributed by atoms with Gasteiger partial charge in [0.05, 0.1) is 37.2 Å². The van der Waals surface area contributed by atoms with Crippen LogP contribution in [0.1, 0.15) is 43.0 Å². The first-order valence-corrected chi connectivity index (χ1v) is 11.7. The zero-order chi connectivity index (χ0) is 22.8. The van der Waals surface area contributed by atoms with Crippen LogP contribution >= 0.6 is 0 Å². The van der Waals surface area contributed by atoms with Crippen molar-refractivity contribution in [1.82, 2.24) is 24.6 Å². The number of nitrogens with zero attached hydrogens (tertiary/aromatic N) is 6. The molecular formula is C25H30N6O2. The van der Waals surface area contributed by atoms with Gasteiger partial charge in [0.25, 0.3) is 0 Å². The fraction of sp³-hybridized carbons (Fsp3) is 0.440. The number of anilines is 1. The molecule has 2 saturated heterocycles. The van der Waals surface area contributed by atoms with Crippen molar-refractivity contribution in [2.45, 2.75) is 38.1 Å². The molecule has 8 nitrogen and oxygen atoms in total. The molecule has 4 heterocycles. The first kappa shape index (κ1) is 21.4. The highest BCUT2D eigenvalue weighted by atomic mass is 16.5. The first-order valence-electron chi connectivity index (χ1n) is 11.7. The van der Waals surface area contributed by atoms with E-state index in [1.807, 2.05) is 59.4 Å². The molecule has 0 bridgehead atoms. The third-order valence-corrected chi connectivity index (χ3v) is 6.67. The molecule has 2 aliphatic heterocycles. The number of hydrogen-bond donors (Lipinski definition) is 0. The second-order valence-corrected chi connectivity index (χ2v) is 8.78. The summed E-state index contributed by atoms with van der Waals surface area (Å²) in [4.78, 5) is 26.9. The van der Waals surface area contributed by atoms with Gasteiger partial charge < -0.3 is 14.5 Å². The summed E-state index contributed by atoms with van der Waals surface area (Å²) < 4.78 is 7.21.